The standard InChI is InChI=1S/C20H22N2O3/c1-20(14-21,12-11-15-7-5-4-6-8-15)22-19(23)17-13-16(24-2)9-10-18(17)25-3/h4-10,13H,11-12H2,1-3H3,(H,22,23). The van der Waals surface area contributed by atoms with Gasteiger partial charge < -0.3 is 14.8 Å². The Kier molecular flexibility index (Phi) is 6.02. The minimum absolute atomic E-state index is 0.336. The molecular formula is C20H22N2O3. The SMILES string of the molecule is COc1ccc(OC)c(C(=O)NC(C)(C#N)CCc2ccccc2)c1. The van der Waals surface area contributed by atoms with Crippen LogP contribution in [0.5, 0.6) is 11.5 Å². The Morgan fingerprint density at radius 3 is 2.48 bits per heavy atom. The lowest BCUT2D eigenvalue weighted by Crippen LogP contribution is -2.45. The van der Waals surface area contributed by atoms with Crippen LogP contribution in [0.25, 0.3) is 0 Å². The first-order valence-corrected chi connectivity index (χ1v) is 8.01. The molecule has 1 amide bonds. The molecule has 0 saturated carbocycles. The van der Waals surface area contributed by atoms with Gasteiger partial charge in [0.1, 0.15) is 17.0 Å². The van der Waals surface area contributed by atoms with Crippen LogP contribution in [0.3, 0.4) is 0 Å². The number of carbonyl (C=O) groups excluding carboxylic acids is 1. The predicted octanol–water partition coefficient (Wildman–Crippen LogP) is 3.35. The van der Waals surface area contributed by atoms with Crippen LogP contribution in [0.15, 0.2) is 48.5 Å². The fourth-order valence-corrected chi connectivity index (χ4v) is 2.49. The smallest absolute Gasteiger partial charge is 0.256 e. The molecule has 1 atom stereocenters. The van der Waals surface area contributed by atoms with Crippen LogP contribution in [-0.4, -0.2) is 25.7 Å². The number of hydrogen-bond acceptors (Lipinski definition) is 4. The van der Waals surface area contributed by atoms with Gasteiger partial charge in [-0.3, -0.25) is 4.79 Å². The van der Waals surface area contributed by atoms with Gasteiger partial charge in [-0.05, 0) is 43.5 Å². The zero-order chi connectivity index (χ0) is 18.3. The van der Waals surface area contributed by atoms with E-state index < -0.39 is 5.54 Å². The summed E-state index contributed by atoms with van der Waals surface area (Å²) in [5.74, 6) is 0.614. The highest BCUT2D eigenvalue weighted by Gasteiger charge is 2.27. The van der Waals surface area contributed by atoms with Crippen LogP contribution in [-0.2, 0) is 6.42 Å². The summed E-state index contributed by atoms with van der Waals surface area (Å²) in [5.41, 5.74) is 0.473. The third kappa shape index (κ3) is 4.74. The monoisotopic (exact) mass is 338 g/mol. The maximum absolute atomic E-state index is 12.7. The number of benzene rings is 2. The van der Waals surface area contributed by atoms with Gasteiger partial charge in [-0.2, -0.15) is 5.26 Å². The zero-order valence-electron chi connectivity index (χ0n) is 14.7. The molecule has 0 bridgehead atoms. The van der Waals surface area contributed by atoms with Gasteiger partial charge in [-0.25, -0.2) is 0 Å². The third-order valence-corrected chi connectivity index (χ3v) is 4.04. The zero-order valence-corrected chi connectivity index (χ0v) is 14.7. The second-order valence-corrected chi connectivity index (χ2v) is 5.95. The molecule has 1 N–H and O–H groups in total. The molecule has 0 heterocycles. The van der Waals surface area contributed by atoms with Crippen LogP contribution in [0.2, 0.25) is 0 Å². The maximum atomic E-state index is 12.7. The van der Waals surface area contributed by atoms with Crippen molar-refractivity contribution in [2.75, 3.05) is 14.2 Å². The number of nitrogens with one attached hydrogen (secondary N) is 1. The molecule has 130 valence electrons. The number of rotatable bonds is 7. The van der Waals surface area contributed by atoms with Gasteiger partial charge in [0.2, 0.25) is 0 Å². The summed E-state index contributed by atoms with van der Waals surface area (Å²) in [6.07, 6.45) is 1.20. The van der Waals surface area contributed by atoms with E-state index in [1.807, 2.05) is 30.3 Å². The van der Waals surface area contributed by atoms with Crippen molar-refractivity contribution in [1.82, 2.24) is 5.32 Å². The summed E-state index contributed by atoms with van der Waals surface area (Å²) in [6, 6.07) is 17.1. The number of methoxy groups -OCH3 is 2. The average molecular weight is 338 g/mol. The lowest BCUT2D eigenvalue weighted by molar-refractivity contribution is 0.0918. The van der Waals surface area contributed by atoms with Crippen LogP contribution >= 0.6 is 0 Å². The summed E-state index contributed by atoms with van der Waals surface area (Å²) in [7, 11) is 3.03. The summed E-state index contributed by atoms with van der Waals surface area (Å²) in [5, 5.41) is 12.4. The van der Waals surface area contributed by atoms with E-state index in [9.17, 15) is 10.1 Å². The molecular weight excluding hydrogens is 316 g/mol. The average Bonchev–Trinajstić information content (AvgIpc) is 2.66. The first-order chi connectivity index (χ1) is 12.0. The number of nitrogens with zero attached hydrogens (tertiary/aromatic N) is 1. The summed E-state index contributed by atoms with van der Waals surface area (Å²) >= 11 is 0. The fraction of sp³-hybridized carbons (Fsp3) is 0.300. The molecule has 0 spiro atoms. The molecule has 0 aromatic heterocycles. The number of amides is 1. The highest BCUT2D eigenvalue weighted by molar-refractivity contribution is 5.98. The summed E-state index contributed by atoms with van der Waals surface area (Å²) < 4.78 is 10.4. The number of hydrogen-bond donors (Lipinski definition) is 1. The van der Waals surface area contributed by atoms with Crippen molar-refractivity contribution in [3.63, 3.8) is 0 Å². The van der Waals surface area contributed by atoms with E-state index in [-0.39, 0.29) is 5.91 Å². The minimum atomic E-state index is -0.985. The van der Waals surface area contributed by atoms with Gasteiger partial charge in [-0.15, -0.1) is 0 Å². The van der Waals surface area contributed by atoms with Crippen LogP contribution in [0.4, 0.5) is 0 Å². The van der Waals surface area contributed by atoms with E-state index in [1.165, 1.54) is 14.2 Å². The lowest BCUT2D eigenvalue weighted by Gasteiger charge is -2.24. The molecule has 5 heteroatoms. The molecule has 2 aromatic rings. The minimum Gasteiger partial charge on any atom is -0.497 e. The number of aryl methyl sites for hydroxylation is 1. The molecule has 2 rings (SSSR count). The highest BCUT2D eigenvalue weighted by Crippen LogP contribution is 2.25. The van der Waals surface area contributed by atoms with E-state index in [1.54, 1.807) is 25.1 Å². The summed E-state index contributed by atoms with van der Waals surface area (Å²) in [4.78, 5) is 12.7. The van der Waals surface area contributed by atoms with Crippen molar-refractivity contribution < 1.29 is 14.3 Å². The Balaban J connectivity index is 2.15. The third-order valence-electron chi connectivity index (χ3n) is 4.04. The molecule has 0 aliphatic carbocycles. The first kappa shape index (κ1) is 18.3. The van der Waals surface area contributed by atoms with E-state index in [4.69, 9.17) is 9.47 Å². The van der Waals surface area contributed by atoms with Crippen LogP contribution < -0.4 is 14.8 Å². The maximum Gasteiger partial charge on any atom is 0.256 e. The van der Waals surface area contributed by atoms with E-state index in [2.05, 4.69) is 11.4 Å². The van der Waals surface area contributed by atoms with Crippen molar-refractivity contribution in [3.05, 3.63) is 59.7 Å². The predicted molar refractivity (Wildman–Crippen MR) is 95.8 cm³/mol. The second kappa shape index (κ2) is 8.20. The summed E-state index contributed by atoms with van der Waals surface area (Å²) in [6.45, 7) is 1.72. The molecule has 1 unspecified atom stereocenters. The van der Waals surface area contributed by atoms with Gasteiger partial charge in [0, 0.05) is 0 Å². The van der Waals surface area contributed by atoms with Gasteiger partial charge in [0.15, 0.2) is 0 Å². The van der Waals surface area contributed by atoms with Crippen molar-refractivity contribution >= 4 is 5.91 Å². The van der Waals surface area contributed by atoms with Crippen molar-refractivity contribution in [1.29, 1.82) is 5.26 Å². The van der Waals surface area contributed by atoms with Gasteiger partial charge >= 0.3 is 0 Å². The first-order valence-electron chi connectivity index (χ1n) is 8.01. The molecule has 0 fully saturated rings. The Bertz CT molecular complexity index is 768. The molecule has 0 aliphatic heterocycles. The normalized spacial score (nSPS) is 12.6. The molecule has 5 nitrogen and oxygen atoms in total. The molecule has 0 saturated heterocycles. The Labute approximate surface area is 148 Å². The lowest BCUT2D eigenvalue weighted by atomic mass is 9.94. The number of nitriles is 1. The van der Waals surface area contributed by atoms with E-state index in [0.29, 0.717) is 29.9 Å². The molecule has 0 aliphatic rings. The van der Waals surface area contributed by atoms with E-state index >= 15 is 0 Å². The van der Waals surface area contributed by atoms with Crippen molar-refractivity contribution in [2.24, 2.45) is 0 Å². The van der Waals surface area contributed by atoms with Gasteiger partial charge in [-0.1, -0.05) is 30.3 Å². The largest absolute Gasteiger partial charge is 0.497 e. The fourth-order valence-electron chi connectivity index (χ4n) is 2.49. The van der Waals surface area contributed by atoms with Gasteiger partial charge in [0.05, 0.1) is 25.9 Å². The van der Waals surface area contributed by atoms with Crippen molar-refractivity contribution in [3.8, 4) is 17.6 Å². The van der Waals surface area contributed by atoms with Gasteiger partial charge in [0.25, 0.3) is 5.91 Å². The Hall–Kier alpha value is -3.00. The molecule has 2 aromatic carbocycles. The molecule has 0 radical (unpaired) electrons. The topological polar surface area (TPSA) is 71.3 Å². The Morgan fingerprint density at radius 1 is 1.16 bits per heavy atom. The van der Waals surface area contributed by atoms with Crippen LogP contribution in [0, 0.1) is 11.3 Å². The quantitative estimate of drug-likeness (QED) is 0.840. The van der Waals surface area contributed by atoms with Crippen LogP contribution in [0.1, 0.15) is 29.3 Å². The van der Waals surface area contributed by atoms with Crippen molar-refractivity contribution in [2.45, 2.75) is 25.3 Å². The molecule has 25 heavy (non-hydrogen) atoms. The number of carbonyl (C=O) groups is 1. The number of ether oxygens (including phenoxy) is 2. The second-order valence-electron chi connectivity index (χ2n) is 5.95. The Morgan fingerprint density at radius 2 is 1.88 bits per heavy atom. The van der Waals surface area contributed by atoms with E-state index in [0.717, 1.165) is 5.56 Å². The highest BCUT2D eigenvalue weighted by atomic mass is 16.5.